The van der Waals surface area contributed by atoms with Crippen molar-refractivity contribution in [2.24, 2.45) is 5.92 Å². The zero-order valence-corrected chi connectivity index (χ0v) is 10.7. The van der Waals surface area contributed by atoms with Crippen LogP contribution in [-0.2, 0) is 11.3 Å². The molecule has 2 rings (SSSR count). The summed E-state index contributed by atoms with van der Waals surface area (Å²) in [5.74, 6) is 0.860. The maximum atomic E-state index is 6.00. The molecule has 0 saturated heterocycles. The van der Waals surface area contributed by atoms with Gasteiger partial charge in [-0.05, 0) is 43.4 Å². The SMILES string of the molecule is Clc1cnccc1CNCCCOCC1CC1. The topological polar surface area (TPSA) is 34.2 Å². The van der Waals surface area contributed by atoms with E-state index in [-0.39, 0.29) is 0 Å². The Kier molecular flexibility index (Phi) is 5.23. The van der Waals surface area contributed by atoms with Gasteiger partial charge in [-0.1, -0.05) is 11.6 Å². The van der Waals surface area contributed by atoms with Crippen molar-refractivity contribution in [3.63, 3.8) is 0 Å². The molecule has 0 aliphatic heterocycles. The fourth-order valence-corrected chi connectivity index (χ4v) is 1.79. The standard InChI is InChI=1S/C13H19ClN2O/c14-13-9-16-6-4-12(13)8-15-5-1-7-17-10-11-2-3-11/h4,6,9,11,15H,1-3,5,7-8,10H2. The number of aromatic nitrogens is 1. The van der Waals surface area contributed by atoms with E-state index in [1.807, 2.05) is 6.07 Å². The molecule has 1 fully saturated rings. The Morgan fingerprint density at radius 3 is 3.12 bits per heavy atom. The third-order valence-electron chi connectivity index (χ3n) is 2.86. The van der Waals surface area contributed by atoms with Gasteiger partial charge in [-0.2, -0.15) is 0 Å². The molecule has 0 aromatic carbocycles. The van der Waals surface area contributed by atoms with Gasteiger partial charge in [0.1, 0.15) is 0 Å². The van der Waals surface area contributed by atoms with E-state index in [2.05, 4.69) is 10.3 Å². The first-order valence-electron chi connectivity index (χ1n) is 6.23. The van der Waals surface area contributed by atoms with Crippen LogP contribution in [0.2, 0.25) is 5.02 Å². The van der Waals surface area contributed by atoms with Crippen molar-refractivity contribution in [3.8, 4) is 0 Å². The van der Waals surface area contributed by atoms with Crippen LogP contribution in [0.5, 0.6) is 0 Å². The lowest BCUT2D eigenvalue weighted by molar-refractivity contribution is 0.122. The third kappa shape index (κ3) is 5.02. The zero-order chi connectivity index (χ0) is 11.9. The van der Waals surface area contributed by atoms with Crippen LogP contribution in [0.25, 0.3) is 0 Å². The average molecular weight is 255 g/mol. The molecule has 1 saturated carbocycles. The molecule has 0 unspecified atom stereocenters. The highest BCUT2D eigenvalue weighted by molar-refractivity contribution is 6.31. The highest BCUT2D eigenvalue weighted by atomic mass is 35.5. The molecule has 94 valence electrons. The second kappa shape index (κ2) is 6.94. The van der Waals surface area contributed by atoms with Crippen LogP contribution in [0.15, 0.2) is 18.5 Å². The Bertz CT molecular complexity index is 342. The predicted molar refractivity (Wildman–Crippen MR) is 69.1 cm³/mol. The first-order chi connectivity index (χ1) is 8.36. The third-order valence-corrected chi connectivity index (χ3v) is 3.20. The fraction of sp³-hybridized carbons (Fsp3) is 0.615. The molecular formula is C13H19ClN2O. The number of hydrogen-bond acceptors (Lipinski definition) is 3. The number of nitrogens with zero attached hydrogens (tertiary/aromatic N) is 1. The summed E-state index contributed by atoms with van der Waals surface area (Å²) in [4.78, 5) is 3.96. The first-order valence-corrected chi connectivity index (χ1v) is 6.61. The summed E-state index contributed by atoms with van der Waals surface area (Å²) in [6.07, 6.45) is 7.21. The van der Waals surface area contributed by atoms with E-state index in [0.717, 1.165) is 49.2 Å². The van der Waals surface area contributed by atoms with E-state index in [9.17, 15) is 0 Å². The summed E-state index contributed by atoms with van der Waals surface area (Å²) in [7, 11) is 0. The molecule has 1 aliphatic rings. The molecule has 0 spiro atoms. The van der Waals surface area contributed by atoms with Crippen molar-refractivity contribution in [1.29, 1.82) is 0 Å². The van der Waals surface area contributed by atoms with Crippen molar-refractivity contribution in [2.75, 3.05) is 19.8 Å². The van der Waals surface area contributed by atoms with E-state index in [1.165, 1.54) is 12.8 Å². The number of hydrogen-bond donors (Lipinski definition) is 1. The second-order valence-electron chi connectivity index (χ2n) is 4.52. The lowest BCUT2D eigenvalue weighted by Crippen LogP contribution is -2.16. The molecule has 4 heteroatoms. The van der Waals surface area contributed by atoms with E-state index in [0.29, 0.717) is 0 Å². The van der Waals surface area contributed by atoms with Crippen LogP contribution >= 0.6 is 11.6 Å². The van der Waals surface area contributed by atoms with Crippen molar-refractivity contribution < 1.29 is 4.74 Å². The molecule has 1 aliphatic carbocycles. The van der Waals surface area contributed by atoms with Crippen LogP contribution in [0.1, 0.15) is 24.8 Å². The van der Waals surface area contributed by atoms with Gasteiger partial charge in [-0.15, -0.1) is 0 Å². The van der Waals surface area contributed by atoms with Crippen LogP contribution in [-0.4, -0.2) is 24.7 Å². The highest BCUT2D eigenvalue weighted by Crippen LogP contribution is 2.28. The molecule has 0 atom stereocenters. The molecule has 0 bridgehead atoms. The lowest BCUT2D eigenvalue weighted by atomic mass is 10.2. The van der Waals surface area contributed by atoms with Crippen LogP contribution in [0.4, 0.5) is 0 Å². The fourth-order valence-electron chi connectivity index (χ4n) is 1.60. The molecular weight excluding hydrogens is 236 g/mol. The molecule has 0 radical (unpaired) electrons. The molecule has 17 heavy (non-hydrogen) atoms. The maximum absolute atomic E-state index is 6.00. The second-order valence-corrected chi connectivity index (χ2v) is 4.92. The van der Waals surface area contributed by atoms with Gasteiger partial charge in [0.15, 0.2) is 0 Å². The Morgan fingerprint density at radius 1 is 1.47 bits per heavy atom. The summed E-state index contributed by atoms with van der Waals surface area (Å²) >= 11 is 6.00. The smallest absolute Gasteiger partial charge is 0.0634 e. The van der Waals surface area contributed by atoms with Gasteiger partial charge in [0.05, 0.1) is 5.02 Å². The van der Waals surface area contributed by atoms with Gasteiger partial charge in [0, 0.05) is 32.2 Å². The molecule has 1 heterocycles. The van der Waals surface area contributed by atoms with Crippen molar-refractivity contribution in [2.45, 2.75) is 25.8 Å². The Balaban J connectivity index is 1.49. The maximum Gasteiger partial charge on any atom is 0.0634 e. The molecule has 3 nitrogen and oxygen atoms in total. The van der Waals surface area contributed by atoms with E-state index < -0.39 is 0 Å². The zero-order valence-electron chi connectivity index (χ0n) is 9.99. The van der Waals surface area contributed by atoms with Gasteiger partial charge >= 0.3 is 0 Å². The Labute approximate surface area is 108 Å². The van der Waals surface area contributed by atoms with Gasteiger partial charge in [0.2, 0.25) is 0 Å². The summed E-state index contributed by atoms with van der Waals surface area (Å²) in [5.41, 5.74) is 1.10. The van der Waals surface area contributed by atoms with E-state index in [4.69, 9.17) is 16.3 Å². The monoisotopic (exact) mass is 254 g/mol. The Morgan fingerprint density at radius 2 is 2.35 bits per heavy atom. The number of ether oxygens (including phenoxy) is 1. The summed E-state index contributed by atoms with van der Waals surface area (Å²) in [6.45, 7) is 3.57. The summed E-state index contributed by atoms with van der Waals surface area (Å²) in [5, 5.41) is 4.08. The molecule has 0 amide bonds. The molecule has 1 aromatic rings. The first kappa shape index (κ1) is 12.8. The minimum absolute atomic E-state index is 0.727. The van der Waals surface area contributed by atoms with Gasteiger partial charge < -0.3 is 10.1 Å². The van der Waals surface area contributed by atoms with Crippen LogP contribution in [0.3, 0.4) is 0 Å². The number of halogens is 1. The van der Waals surface area contributed by atoms with Crippen molar-refractivity contribution in [1.82, 2.24) is 10.3 Å². The van der Waals surface area contributed by atoms with Crippen molar-refractivity contribution >= 4 is 11.6 Å². The lowest BCUT2D eigenvalue weighted by Gasteiger charge is -2.06. The van der Waals surface area contributed by atoms with Gasteiger partial charge in [-0.3, -0.25) is 4.98 Å². The predicted octanol–water partition coefficient (Wildman–Crippen LogP) is 2.64. The minimum Gasteiger partial charge on any atom is -0.381 e. The molecule has 1 aromatic heterocycles. The number of rotatable bonds is 8. The molecule has 1 N–H and O–H groups in total. The average Bonchev–Trinajstić information content (AvgIpc) is 3.14. The number of nitrogens with one attached hydrogen (secondary N) is 1. The van der Waals surface area contributed by atoms with Crippen molar-refractivity contribution in [3.05, 3.63) is 29.0 Å². The van der Waals surface area contributed by atoms with Crippen LogP contribution in [0, 0.1) is 5.92 Å². The summed E-state index contributed by atoms with van der Waals surface area (Å²) < 4.78 is 5.56. The highest BCUT2D eigenvalue weighted by Gasteiger charge is 2.20. The van der Waals surface area contributed by atoms with Crippen LogP contribution < -0.4 is 5.32 Å². The summed E-state index contributed by atoms with van der Waals surface area (Å²) in [6, 6.07) is 1.94. The normalized spacial score (nSPS) is 15.1. The minimum atomic E-state index is 0.727. The van der Waals surface area contributed by atoms with E-state index in [1.54, 1.807) is 12.4 Å². The van der Waals surface area contributed by atoms with E-state index >= 15 is 0 Å². The van der Waals surface area contributed by atoms with Gasteiger partial charge in [-0.25, -0.2) is 0 Å². The quantitative estimate of drug-likeness (QED) is 0.725. The number of pyridine rings is 1. The largest absolute Gasteiger partial charge is 0.381 e. The van der Waals surface area contributed by atoms with Gasteiger partial charge in [0.25, 0.3) is 0 Å². The Hall–Kier alpha value is -0.640.